The highest BCUT2D eigenvalue weighted by Crippen LogP contribution is 2.36. The minimum Gasteiger partial charge on any atom is -0.492 e. The van der Waals surface area contributed by atoms with E-state index in [9.17, 15) is 13.2 Å². The minimum absolute atomic E-state index is 0.119. The first-order chi connectivity index (χ1) is 21.7. The molecule has 2 aromatic carbocycles. The van der Waals surface area contributed by atoms with Gasteiger partial charge in [0.2, 0.25) is 0 Å². The van der Waals surface area contributed by atoms with Crippen molar-refractivity contribution in [1.82, 2.24) is 34.9 Å². The maximum atomic E-state index is 14.7. The van der Waals surface area contributed by atoms with Crippen molar-refractivity contribution >= 4 is 21.9 Å². The third-order valence-corrected chi connectivity index (χ3v) is 8.06. The van der Waals surface area contributed by atoms with Crippen LogP contribution in [-0.4, -0.2) is 81.2 Å². The molecule has 6 aromatic rings. The number of likely N-dealkylation sites (tertiary alicyclic amines) is 1. The number of halogens is 3. The number of hydrogen-bond donors (Lipinski definition) is 2. The van der Waals surface area contributed by atoms with Gasteiger partial charge in [-0.3, -0.25) is 15.0 Å². The number of nitrogens with one attached hydrogen (secondary N) is 2. The number of nitrogens with zero attached hydrogens (tertiary/aromatic N) is 5. The Kier molecular flexibility index (Phi) is 7.50. The lowest BCUT2D eigenvalue weighted by Gasteiger charge is -2.15. The molecule has 11 heteroatoms. The van der Waals surface area contributed by atoms with Gasteiger partial charge in [-0.2, -0.15) is 5.10 Å². The summed E-state index contributed by atoms with van der Waals surface area (Å²) in [6, 6.07) is 18.4. The van der Waals surface area contributed by atoms with Gasteiger partial charge in [-0.1, -0.05) is 12.1 Å². The van der Waals surface area contributed by atoms with Crippen molar-refractivity contribution in [3.05, 3.63) is 84.4 Å². The van der Waals surface area contributed by atoms with E-state index in [2.05, 4.69) is 20.2 Å². The van der Waals surface area contributed by atoms with Crippen molar-refractivity contribution in [2.45, 2.75) is 18.9 Å². The summed E-state index contributed by atoms with van der Waals surface area (Å²) in [5, 5.41) is 8.56. The fraction of sp³-hybridized carbons (Fsp3) is 0.265. The first-order valence-electron chi connectivity index (χ1n) is 14.8. The van der Waals surface area contributed by atoms with E-state index < -0.39 is 5.92 Å². The normalized spacial score (nSPS) is 15.1. The zero-order valence-electron chi connectivity index (χ0n) is 24.9. The molecule has 4 aromatic heterocycles. The van der Waals surface area contributed by atoms with Gasteiger partial charge >= 0.3 is 0 Å². The second kappa shape index (κ2) is 11.6. The van der Waals surface area contributed by atoms with Crippen LogP contribution in [0.15, 0.2) is 73.1 Å². The lowest BCUT2D eigenvalue weighted by molar-refractivity contribution is 0.0115. The van der Waals surface area contributed by atoms with Crippen molar-refractivity contribution in [2.75, 3.05) is 40.3 Å². The first kappa shape index (κ1) is 29.0. The number of pyridine rings is 2. The van der Waals surface area contributed by atoms with Gasteiger partial charge < -0.3 is 14.6 Å². The monoisotopic (exact) mass is 611 g/mol. The molecule has 0 radical (unpaired) electrons. The van der Waals surface area contributed by atoms with E-state index in [1.165, 1.54) is 12.1 Å². The van der Waals surface area contributed by atoms with E-state index >= 15 is 0 Å². The average molecular weight is 612 g/mol. The van der Waals surface area contributed by atoms with Gasteiger partial charge in [0.05, 0.1) is 23.4 Å². The number of hydrogen-bond acceptors (Lipinski definition) is 6. The van der Waals surface area contributed by atoms with E-state index in [-0.39, 0.29) is 18.8 Å². The number of fused-ring (bicyclic) bond motifs is 2. The Morgan fingerprint density at radius 1 is 1.00 bits per heavy atom. The number of H-pyrrole nitrogens is 2. The van der Waals surface area contributed by atoms with E-state index in [0.29, 0.717) is 47.9 Å². The van der Waals surface area contributed by atoms with E-state index in [1.807, 2.05) is 67.5 Å². The lowest BCUT2D eigenvalue weighted by atomic mass is 10.0. The number of aromatic nitrogens is 5. The fourth-order valence-corrected chi connectivity index (χ4v) is 5.84. The Labute approximate surface area is 257 Å². The molecule has 0 unspecified atom stereocenters. The molecule has 230 valence electrons. The van der Waals surface area contributed by atoms with Crippen LogP contribution < -0.4 is 4.74 Å². The molecule has 0 saturated carbocycles. The van der Waals surface area contributed by atoms with Crippen molar-refractivity contribution in [3.8, 4) is 39.5 Å². The Bertz CT molecular complexity index is 2000. The zero-order valence-corrected chi connectivity index (χ0v) is 24.9. The summed E-state index contributed by atoms with van der Waals surface area (Å²) in [7, 11) is 3.92. The van der Waals surface area contributed by atoms with Crippen LogP contribution in [0.5, 0.6) is 5.75 Å². The first-order valence-corrected chi connectivity index (χ1v) is 14.8. The highest BCUT2D eigenvalue weighted by Gasteiger charge is 2.37. The van der Waals surface area contributed by atoms with E-state index in [0.717, 1.165) is 45.3 Å². The van der Waals surface area contributed by atoms with Gasteiger partial charge in [0.1, 0.15) is 29.4 Å². The third-order valence-electron chi connectivity index (χ3n) is 8.06. The van der Waals surface area contributed by atoms with Crippen molar-refractivity contribution in [3.63, 3.8) is 0 Å². The van der Waals surface area contributed by atoms with Gasteiger partial charge in [-0.05, 0) is 73.3 Å². The highest BCUT2D eigenvalue weighted by molar-refractivity contribution is 6.00. The minimum atomic E-state index is -2.64. The topological polar surface area (TPSA) is 86.0 Å². The van der Waals surface area contributed by atoms with Gasteiger partial charge in [-0.15, -0.1) is 0 Å². The molecule has 1 aliphatic heterocycles. The largest absolute Gasteiger partial charge is 0.492 e. The number of likely N-dealkylation sites (N-methyl/N-ethyl adjacent to an activating group) is 1. The van der Waals surface area contributed by atoms with Crippen LogP contribution in [0.1, 0.15) is 12.0 Å². The van der Waals surface area contributed by atoms with Gasteiger partial charge in [0, 0.05) is 61.0 Å². The summed E-state index contributed by atoms with van der Waals surface area (Å²) in [4.78, 5) is 16.5. The molecule has 8 nitrogen and oxygen atoms in total. The Morgan fingerprint density at radius 2 is 1.89 bits per heavy atom. The molecule has 0 spiro atoms. The van der Waals surface area contributed by atoms with Crippen molar-refractivity contribution < 1.29 is 17.9 Å². The average Bonchev–Trinajstić information content (AvgIpc) is 3.72. The summed E-state index contributed by atoms with van der Waals surface area (Å²) in [5.41, 5.74) is 7.63. The molecule has 7 rings (SSSR count). The van der Waals surface area contributed by atoms with Gasteiger partial charge in [0.25, 0.3) is 5.92 Å². The molecule has 0 aliphatic carbocycles. The smallest absolute Gasteiger partial charge is 0.261 e. The molecule has 0 bridgehead atoms. The number of aromatic amines is 2. The molecule has 45 heavy (non-hydrogen) atoms. The van der Waals surface area contributed by atoms with Crippen LogP contribution in [0.3, 0.4) is 0 Å². The number of rotatable bonds is 9. The number of alkyl halides is 2. The zero-order chi connectivity index (χ0) is 31.1. The van der Waals surface area contributed by atoms with Crippen LogP contribution in [0, 0.1) is 5.82 Å². The summed E-state index contributed by atoms with van der Waals surface area (Å²) in [6.45, 7) is 1.70. The summed E-state index contributed by atoms with van der Waals surface area (Å²) >= 11 is 0. The molecule has 0 amide bonds. The van der Waals surface area contributed by atoms with Crippen LogP contribution in [0.25, 0.3) is 55.7 Å². The Balaban J connectivity index is 1.20. The predicted octanol–water partition coefficient (Wildman–Crippen LogP) is 6.76. The third kappa shape index (κ3) is 6.13. The molecular formula is C34H32F3N7O. The molecule has 1 fully saturated rings. The maximum absolute atomic E-state index is 14.7. The van der Waals surface area contributed by atoms with Gasteiger partial charge in [-0.25, -0.2) is 18.2 Å². The van der Waals surface area contributed by atoms with Crippen LogP contribution in [-0.2, 0) is 6.54 Å². The lowest BCUT2D eigenvalue weighted by Crippen LogP contribution is -2.24. The highest BCUT2D eigenvalue weighted by atomic mass is 19.3. The molecule has 2 N–H and O–H groups in total. The Morgan fingerprint density at radius 3 is 2.71 bits per heavy atom. The van der Waals surface area contributed by atoms with Gasteiger partial charge in [0.15, 0.2) is 0 Å². The SMILES string of the molecule is CN(C)CCOc1cc(F)cc(-c2cccc3[nH]c(-c4n[nH]c5ccc(-c6cncc(CN7CCC(F)(F)C7)c6)nc45)cc23)c1. The molecule has 1 aliphatic rings. The second-order valence-corrected chi connectivity index (χ2v) is 11.8. The number of benzene rings is 2. The predicted molar refractivity (Wildman–Crippen MR) is 169 cm³/mol. The second-order valence-electron chi connectivity index (χ2n) is 11.8. The molecular weight excluding hydrogens is 579 g/mol. The fourth-order valence-electron chi connectivity index (χ4n) is 5.84. The Hall–Kier alpha value is -4.74. The van der Waals surface area contributed by atoms with E-state index in [1.54, 1.807) is 17.3 Å². The van der Waals surface area contributed by atoms with Crippen LogP contribution in [0.2, 0.25) is 0 Å². The molecule has 0 atom stereocenters. The van der Waals surface area contributed by atoms with Crippen LogP contribution >= 0.6 is 0 Å². The van der Waals surface area contributed by atoms with E-state index in [4.69, 9.17) is 9.72 Å². The summed E-state index contributed by atoms with van der Waals surface area (Å²) < 4.78 is 47.9. The maximum Gasteiger partial charge on any atom is 0.261 e. The van der Waals surface area contributed by atoms with Crippen LogP contribution in [0.4, 0.5) is 13.2 Å². The summed E-state index contributed by atoms with van der Waals surface area (Å²) in [6.07, 6.45) is 3.32. The van der Waals surface area contributed by atoms with Crippen molar-refractivity contribution in [2.24, 2.45) is 0 Å². The van der Waals surface area contributed by atoms with Crippen molar-refractivity contribution in [1.29, 1.82) is 0 Å². The summed E-state index contributed by atoms with van der Waals surface area (Å²) in [5.74, 6) is -2.53. The molecule has 5 heterocycles. The standard InChI is InChI=1S/C34H32F3N7O/c1-43(2)10-11-45-25-14-22(13-24(35)15-25)26-4-3-5-29-27(26)16-31(39-29)33-32-30(41-42-33)7-6-28(40-32)23-12-21(17-38-18-23)19-44-9-8-34(36,37)20-44/h3-7,12-18,39H,8-11,19-20H2,1-2H3,(H,41,42). The number of ether oxygens (including phenoxy) is 1. The molecule has 1 saturated heterocycles. The quantitative estimate of drug-likeness (QED) is 0.188.